The van der Waals surface area contributed by atoms with Crippen molar-refractivity contribution in [2.45, 2.75) is 0 Å². The van der Waals surface area contributed by atoms with Gasteiger partial charge < -0.3 is 9.32 Å². The summed E-state index contributed by atoms with van der Waals surface area (Å²) >= 11 is 0. The lowest BCUT2D eigenvalue weighted by Crippen LogP contribution is -2.11. The van der Waals surface area contributed by atoms with E-state index in [2.05, 4.69) is 217 Å². The normalized spacial score (nSPS) is 11.2. The summed E-state index contributed by atoms with van der Waals surface area (Å²) in [6.07, 6.45) is 0. The van der Waals surface area contributed by atoms with Gasteiger partial charge in [-0.15, -0.1) is 0 Å². The summed E-state index contributed by atoms with van der Waals surface area (Å²) in [6, 6.07) is 80.0. The fourth-order valence-electron chi connectivity index (χ4n) is 8.18. The fourth-order valence-corrected chi connectivity index (χ4v) is 8.18. The Morgan fingerprint density at radius 3 is 1.29 bits per heavy atom. The van der Waals surface area contributed by atoms with Gasteiger partial charge in [0.2, 0.25) is 0 Å². The summed E-state index contributed by atoms with van der Waals surface area (Å²) in [7, 11) is 0. The van der Waals surface area contributed by atoms with Crippen LogP contribution in [0.4, 0.5) is 17.1 Å². The van der Waals surface area contributed by atoms with Crippen LogP contribution in [0.1, 0.15) is 0 Å². The third kappa shape index (κ3) is 5.95. The van der Waals surface area contributed by atoms with Gasteiger partial charge in [0, 0.05) is 16.6 Å². The lowest BCUT2D eigenvalue weighted by atomic mass is 9.87. The van der Waals surface area contributed by atoms with Crippen LogP contribution in [0.25, 0.3) is 77.6 Å². The second-order valence-electron chi connectivity index (χ2n) is 14.0. The zero-order chi connectivity index (χ0) is 37.3. The largest absolute Gasteiger partial charge is 0.456 e. The Balaban J connectivity index is 1.12. The maximum atomic E-state index is 6.41. The molecular formula is C54H37NO. The molecule has 0 spiro atoms. The molecule has 0 unspecified atom stereocenters. The van der Waals surface area contributed by atoms with Crippen molar-refractivity contribution < 1.29 is 4.42 Å². The lowest BCUT2D eigenvalue weighted by Gasteiger charge is -2.28. The molecular weight excluding hydrogens is 679 g/mol. The van der Waals surface area contributed by atoms with Gasteiger partial charge in [-0.25, -0.2) is 0 Å². The summed E-state index contributed by atoms with van der Waals surface area (Å²) < 4.78 is 6.41. The van der Waals surface area contributed by atoms with Crippen molar-refractivity contribution in [3.05, 3.63) is 224 Å². The Morgan fingerprint density at radius 2 is 0.679 bits per heavy atom. The van der Waals surface area contributed by atoms with E-state index >= 15 is 0 Å². The van der Waals surface area contributed by atoms with Gasteiger partial charge in [0.25, 0.3) is 0 Å². The topological polar surface area (TPSA) is 16.4 Å². The number of hydrogen-bond donors (Lipinski definition) is 0. The van der Waals surface area contributed by atoms with Crippen LogP contribution >= 0.6 is 0 Å². The average molecular weight is 716 g/mol. The van der Waals surface area contributed by atoms with E-state index in [4.69, 9.17) is 4.42 Å². The molecule has 0 bridgehead atoms. The Morgan fingerprint density at radius 1 is 0.268 bits per heavy atom. The molecule has 0 aliphatic rings. The van der Waals surface area contributed by atoms with Gasteiger partial charge in [0.1, 0.15) is 11.2 Å². The van der Waals surface area contributed by atoms with Crippen molar-refractivity contribution in [3.8, 4) is 55.6 Å². The van der Waals surface area contributed by atoms with Crippen LogP contribution in [-0.2, 0) is 0 Å². The first-order chi connectivity index (χ1) is 27.8. The molecule has 2 nitrogen and oxygen atoms in total. The zero-order valence-corrected chi connectivity index (χ0v) is 30.7. The van der Waals surface area contributed by atoms with Gasteiger partial charge in [-0.3, -0.25) is 0 Å². The van der Waals surface area contributed by atoms with Crippen molar-refractivity contribution in [3.63, 3.8) is 0 Å². The van der Waals surface area contributed by atoms with E-state index in [0.717, 1.165) is 55.7 Å². The fraction of sp³-hybridized carbons (Fsp3) is 0. The van der Waals surface area contributed by atoms with Gasteiger partial charge in [-0.05, 0) is 86.5 Å². The number of hydrogen-bond acceptors (Lipinski definition) is 2. The number of rotatable bonds is 8. The number of nitrogens with zero attached hydrogens (tertiary/aromatic N) is 1. The van der Waals surface area contributed by atoms with Crippen molar-refractivity contribution in [2.75, 3.05) is 4.90 Å². The van der Waals surface area contributed by atoms with Crippen molar-refractivity contribution in [1.29, 1.82) is 0 Å². The summed E-state index contributed by atoms with van der Waals surface area (Å²) in [4.78, 5) is 2.39. The highest BCUT2D eigenvalue weighted by molar-refractivity contribution is 6.14. The second kappa shape index (κ2) is 14.4. The van der Waals surface area contributed by atoms with Crippen molar-refractivity contribution >= 4 is 39.0 Å². The highest BCUT2D eigenvalue weighted by Gasteiger charge is 2.22. The predicted octanol–water partition coefficient (Wildman–Crippen LogP) is 15.4. The van der Waals surface area contributed by atoms with Gasteiger partial charge in [-0.2, -0.15) is 0 Å². The van der Waals surface area contributed by atoms with Gasteiger partial charge in [0.05, 0.1) is 16.8 Å². The number of para-hydroxylation sites is 2. The van der Waals surface area contributed by atoms with E-state index in [1.54, 1.807) is 0 Å². The first kappa shape index (κ1) is 33.2. The molecule has 9 aromatic carbocycles. The minimum atomic E-state index is 0.865. The zero-order valence-electron chi connectivity index (χ0n) is 30.7. The Bertz CT molecular complexity index is 2960. The minimum absolute atomic E-state index is 0.865. The Kier molecular flexibility index (Phi) is 8.55. The molecule has 0 aliphatic heterocycles. The molecule has 264 valence electrons. The van der Waals surface area contributed by atoms with Crippen LogP contribution in [-0.4, -0.2) is 0 Å². The average Bonchev–Trinajstić information content (AvgIpc) is 3.67. The maximum Gasteiger partial charge on any atom is 0.137 e. The van der Waals surface area contributed by atoms with Crippen LogP contribution in [0.3, 0.4) is 0 Å². The highest BCUT2D eigenvalue weighted by atomic mass is 16.3. The summed E-state index contributed by atoms with van der Waals surface area (Å²) in [5, 5.41) is 2.19. The van der Waals surface area contributed by atoms with Crippen LogP contribution in [0.15, 0.2) is 229 Å². The van der Waals surface area contributed by atoms with Crippen LogP contribution in [0.2, 0.25) is 0 Å². The molecule has 0 amide bonds. The summed E-state index contributed by atoms with van der Waals surface area (Å²) in [5.74, 6) is 0. The molecule has 1 aromatic heterocycles. The predicted molar refractivity (Wildman–Crippen MR) is 236 cm³/mol. The quantitative estimate of drug-likeness (QED) is 0.156. The molecule has 56 heavy (non-hydrogen) atoms. The molecule has 0 radical (unpaired) electrons. The number of fused-ring (bicyclic) bond motifs is 3. The van der Waals surface area contributed by atoms with Crippen LogP contribution < -0.4 is 4.90 Å². The van der Waals surface area contributed by atoms with E-state index in [9.17, 15) is 0 Å². The molecule has 0 fully saturated rings. The molecule has 0 N–H and O–H groups in total. The molecule has 10 aromatic rings. The van der Waals surface area contributed by atoms with Crippen LogP contribution in [0, 0.1) is 0 Å². The first-order valence-electron chi connectivity index (χ1n) is 19.1. The van der Waals surface area contributed by atoms with E-state index < -0.39 is 0 Å². The third-order valence-electron chi connectivity index (χ3n) is 10.7. The standard InChI is InChI=1S/C54H37NO/c1-3-18-38(19-4-1)42-22-7-9-25-45(42)47-27-11-12-28-48(47)46-26-10-8-23-43(46)40-34-36-41(37-35-40)55(50-30-15-13-24-44(50)39-20-5-2-6-21-39)51-31-17-33-53-54(51)49-29-14-16-32-52(49)56-53/h1-37H. The monoisotopic (exact) mass is 715 g/mol. The van der Waals surface area contributed by atoms with Gasteiger partial charge in [-0.1, -0.05) is 188 Å². The smallest absolute Gasteiger partial charge is 0.137 e. The maximum absolute atomic E-state index is 6.41. The van der Waals surface area contributed by atoms with E-state index in [0.29, 0.717) is 0 Å². The molecule has 2 heteroatoms. The van der Waals surface area contributed by atoms with Crippen LogP contribution in [0.5, 0.6) is 0 Å². The van der Waals surface area contributed by atoms with Crippen molar-refractivity contribution in [1.82, 2.24) is 0 Å². The number of furan rings is 1. The number of benzene rings is 9. The number of anilines is 3. The minimum Gasteiger partial charge on any atom is -0.456 e. The highest BCUT2D eigenvalue weighted by Crippen LogP contribution is 2.47. The van der Waals surface area contributed by atoms with E-state index in [1.807, 2.05) is 12.1 Å². The van der Waals surface area contributed by atoms with Crippen molar-refractivity contribution in [2.24, 2.45) is 0 Å². The summed E-state index contributed by atoms with van der Waals surface area (Å²) in [5.41, 5.74) is 16.9. The molecule has 0 aliphatic carbocycles. The first-order valence-corrected chi connectivity index (χ1v) is 19.1. The third-order valence-corrected chi connectivity index (χ3v) is 10.7. The van der Waals surface area contributed by atoms with E-state index in [-0.39, 0.29) is 0 Å². The Hall–Kier alpha value is -7.42. The molecule has 10 rings (SSSR count). The summed E-state index contributed by atoms with van der Waals surface area (Å²) in [6.45, 7) is 0. The molecule has 1 heterocycles. The molecule has 0 atom stereocenters. The van der Waals surface area contributed by atoms with E-state index in [1.165, 1.54) is 38.9 Å². The SMILES string of the molecule is c1ccc(-c2ccccc2-c2ccccc2-c2ccccc2-c2ccc(N(c3ccccc3-c3ccccc3)c3cccc4oc5ccccc5c34)cc2)cc1. The lowest BCUT2D eigenvalue weighted by molar-refractivity contribution is 0.669. The Labute approximate surface area is 327 Å². The second-order valence-corrected chi connectivity index (χ2v) is 14.0. The van der Waals surface area contributed by atoms with Gasteiger partial charge >= 0.3 is 0 Å². The van der Waals surface area contributed by atoms with Gasteiger partial charge in [0.15, 0.2) is 0 Å². The molecule has 0 saturated heterocycles. The molecule has 0 saturated carbocycles.